The summed E-state index contributed by atoms with van der Waals surface area (Å²) in [4.78, 5) is 29.0. The zero-order chi connectivity index (χ0) is 26.8. The van der Waals surface area contributed by atoms with Gasteiger partial charge in [0, 0.05) is 52.0 Å². The molecule has 0 unspecified atom stereocenters. The van der Waals surface area contributed by atoms with E-state index in [0.717, 1.165) is 11.3 Å². The van der Waals surface area contributed by atoms with Gasteiger partial charge in [0.2, 0.25) is 11.8 Å². The van der Waals surface area contributed by atoms with Crippen molar-refractivity contribution in [2.75, 3.05) is 5.75 Å². The Labute approximate surface area is 234 Å². The average molecular weight is 558 g/mol. The molecule has 3 rings (SSSR count). The number of halogens is 2. The summed E-state index contributed by atoms with van der Waals surface area (Å²) in [6.07, 6.45) is 0.682. The van der Waals surface area contributed by atoms with Crippen molar-refractivity contribution in [3.63, 3.8) is 0 Å². The predicted octanol–water partition coefficient (Wildman–Crippen LogP) is 7.17. The van der Waals surface area contributed by atoms with Gasteiger partial charge in [0.1, 0.15) is 6.04 Å². The van der Waals surface area contributed by atoms with E-state index >= 15 is 0 Å². The minimum atomic E-state index is -0.722. The summed E-state index contributed by atoms with van der Waals surface area (Å²) in [6.45, 7) is 5.95. The molecular formula is C30H34Cl2N2O2S. The van der Waals surface area contributed by atoms with Gasteiger partial charge in [0.05, 0.1) is 0 Å². The summed E-state index contributed by atoms with van der Waals surface area (Å²) in [7, 11) is 0. The van der Waals surface area contributed by atoms with E-state index in [1.807, 2.05) is 69.3 Å². The fraction of sp³-hybridized carbons (Fsp3) is 0.333. The maximum absolute atomic E-state index is 13.7. The Balaban J connectivity index is 1.87. The highest BCUT2D eigenvalue weighted by Gasteiger charge is 2.32. The van der Waals surface area contributed by atoms with Crippen LogP contribution in [0.3, 0.4) is 0 Å². The van der Waals surface area contributed by atoms with Crippen molar-refractivity contribution >= 4 is 46.8 Å². The summed E-state index contributed by atoms with van der Waals surface area (Å²) in [5.41, 5.74) is 2.37. The van der Waals surface area contributed by atoms with E-state index in [1.165, 1.54) is 5.56 Å². The molecule has 37 heavy (non-hydrogen) atoms. The number of nitrogens with zero attached hydrogens (tertiary/aromatic N) is 1. The van der Waals surface area contributed by atoms with E-state index < -0.39 is 11.6 Å². The van der Waals surface area contributed by atoms with Crippen molar-refractivity contribution in [3.05, 3.63) is 106 Å². The lowest BCUT2D eigenvalue weighted by Gasteiger charge is -2.34. The monoisotopic (exact) mass is 556 g/mol. The molecule has 1 atom stereocenters. The summed E-state index contributed by atoms with van der Waals surface area (Å²) in [5.74, 6) is 1.15. The maximum atomic E-state index is 13.7. The second-order valence-corrected chi connectivity index (χ2v) is 11.9. The molecule has 0 aliphatic heterocycles. The molecule has 7 heteroatoms. The van der Waals surface area contributed by atoms with Crippen LogP contribution in [0.25, 0.3) is 0 Å². The molecule has 0 fully saturated rings. The third kappa shape index (κ3) is 9.41. The Morgan fingerprint density at radius 2 is 1.43 bits per heavy atom. The van der Waals surface area contributed by atoms with E-state index in [-0.39, 0.29) is 18.4 Å². The average Bonchev–Trinajstić information content (AvgIpc) is 2.85. The van der Waals surface area contributed by atoms with Crippen molar-refractivity contribution in [1.29, 1.82) is 0 Å². The number of carbonyl (C=O) groups excluding carboxylic acids is 2. The zero-order valence-corrected chi connectivity index (χ0v) is 23.9. The molecule has 1 N–H and O–H groups in total. The molecule has 0 aliphatic rings. The molecule has 2 amide bonds. The number of hydrogen-bond acceptors (Lipinski definition) is 3. The van der Waals surface area contributed by atoms with E-state index in [1.54, 1.807) is 34.9 Å². The molecule has 3 aromatic carbocycles. The van der Waals surface area contributed by atoms with Crippen molar-refractivity contribution in [2.45, 2.75) is 57.5 Å². The highest BCUT2D eigenvalue weighted by atomic mass is 35.5. The number of nitrogens with one attached hydrogen (secondary N) is 1. The largest absolute Gasteiger partial charge is 0.350 e. The topological polar surface area (TPSA) is 49.4 Å². The van der Waals surface area contributed by atoms with Crippen LogP contribution in [-0.2, 0) is 28.3 Å². The molecule has 0 spiro atoms. The van der Waals surface area contributed by atoms with Crippen LogP contribution < -0.4 is 5.32 Å². The van der Waals surface area contributed by atoms with Crippen LogP contribution in [0.4, 0.5) is 0 Å². The van der Waals surface area contributed by atoms with Crippen LogP contribution in [0.1, 0.15) is 43.9 Å². The first-order valence-electron chi connectivity index (χ1n) is 12.3. The first kappa shape index (κ1) is 29.1. The van der Waals surface area contributed by atoms with Gasteiger partial charge < -0.3 is 10.2 Å². The molecule has 4 nitrogen and oxygen atoms in total. The number of rotatable bonds is 11. The molecule has 0 aliphatic carbocycles. The van der Waals surface area contributed by atoms with Gasteiger partial charge in [-0.2, -0.15) is 11.8 Å². The zero-order valence-electron chi connectivity index (χ0n) is 21.5. The van der Waals surface area contributed by atoms with Crippen molar-refractivity contribution in [2.24, 2.45) is 0 Å². The molecule has 0 radical (unpaired) electrons. The van der Waals surface area contributed by atoms with Gasteiger partial charge in [0.15, 0.2) is 0 Å². The van der Waals surface area contributed by atoms with E-state index in [0.29, 0.717) is 34.2 Å². The number of hydrogen-bond donors (Lipinski definition) is 1. The fourth-order valence-corrected chi connectivity index (χ4v) is 5.34. The first-order chi connectivity index (χ1) is 17.6. The van der Waals surface area contributed by atoms with E-state index in [4.69, 9.17) is 23.2 Å². The Morgan fingerprint density at radius 3 is 2.00 bits per heavy atom. The van der Waals surface area contributed by atoms with Crippen LogP contribution in [0, 0.1) is 0 Å². The van der Waals surface area contributed by atoms with Gasteiger partial charge in [-0.3, -0.25) is 9.59 Å². The van der Waals surface area contributed by atoms with Crippen molar-refractivity contribution < 1.29 is 9.59 Å². The van der Waals surface area contributed by atoms with Crippen LogP contribution in [0.5, 0.6) is 0 Å². The molecule has 0 saturated carbocycles. The molecule has 0 saturated heterocycles. The van der Waals surface area contributed by atoms with Crippen LogP contribution in [-0.4, -0.2) is 34.0 Å². The third-order valence-corrected chi connectivity index (χ3v) is 7.47. The standard InChI is InChI=1S/C30H34Cl2N2O2S/c1-30(2,3)33-29(36)27(19-22-11-6-4-7-12-22)34(20-24-25(31)15-10-16-26(24)32)28(35)17-18-37-21-23-13-8-5-9-14-23/h4-16,27H,17-21H2,1-3H3,(H,33,36)/t27-/m1/s1. The second-order valence-electron chi connectivity index (χ2n) is 9.95. The number of carbonyl (C=O) groups is 2. The Bertz CT molecular complexity index is 1150. The molecule has 196 valence electrons. The van der Waals surface area contributed by atoms with Gasteiger partial charge in [-0.1, -0.05) is 89.9 Å². The molecule has 0 aromatic heterocycles. The summed E-state index contributed by atoms with van der Waals surface area (Å²) in [6, 6.07) is 24.5. The lowest BCUT2D eigenvalue weighted by molar-refractivity contribution is -0.141. The Morgan fingerprint density at radius 1 is 0.865 bits per heavy atom. The van der Waals surface area contributed by atoms with Crippen LogP contribution >= 0.6 is 35.0 Å². The quantitative estimate of drug-likeness (QED) is 0.254. The molecular weight excluding hydrogens is 523 g/mol. The number of benzene rings is 3. The van der Waals surface area contributed by atoms with Gasteiger partial charge in [-0.05, 0) is 44.0 Å². The minimum absolute atomic E-state index is 0.110. The van der Waals surface area contributed by atoms with Crippen molar-refractivity contribution in [1.82, 2.24) is 10.2 Å². The third-order valence-electron chi connectivity index (χ3n) is 5.73. The smallest absolute Gasteiger partial charge is 0.243 e. The first-order valence-corrected chi connectivity index (χ1v) is 14.2. The van der Waals surface area contributed by atoms with Gasteiger partial charge in [-0.25, -0.2) is 0 Å². The number of thioether (sulfide) groups is 1. The second kappa shape index (κ2) is 13.9. The Hall–Kier alpha value is -2.47. The lowest BCUT2D eigenvalue weighted by Crippen LogP contribution is -2.54. The fourth-order valence-electron chi connectivity index (χ4n) is 3.93. The summed E-state index contributed by atoms with van der Waals surface area (Å²) in [5, 5.41) is 4.02. The molecule has 0 heterocycles. The van der Waals surface area contributed by atoms with E-state index in [9.17, 15) is 9.59 Å². The number of amides is 2. The minimum Gasteiger partial charge on any atom is -0.350 e. The molecule has 0 bridgehead atoms. The van der Waals surface area contributed by atoms with Gasteiger partial charge in [0.25, 0.3) is 0 Å². The highest BCUT2D eigenvalue weighted by molar-refractivity contribution is 7.98. The predicted molar refractivity (Wildman–Crippen MR) is 156 cm³/mol. The van der Waals surface area contributed by atoms with Crippen molar-refractivity contribution in [3.8, 4) is 0 Å². The maximum Gasteiger partial charge on any atom is 0.243 e. The Kier molecular flexibility index (Phi) is 10.9. The van der Waals surface area contributed by atoms with Crippen LogP contribution in [0.2, 0.25) is 10.0 Å². The summed E-state index contributed by atoms with van der Waals surface area (Å²) < 4.78 is 0. The molecule has 3 aromatic rings. The van der Waals surface area contributed by atoms with E-state index in [2.05, 4.69) is 17.4 Å². The normalized spacial score (nSPS) is 12.1. The lowest BCUT2D eigenvalue weighted by atomic mass is 10.0. The van der Waals surface area contributed by atoms with Crippen LogP contribution in [0.15, 0.2) is 78.9 Å². The van der Waals surface area contributed by atoms with Gasteiger partial charge in [-0.15, -0.1) is 0 Å². The SMILES string of the molecule is CC(C)(C)NC(=O)[C@@H](Cc1ccccc1)N(Cc1c(Cl)cccc1Cl)C(=O)CCSCc1ccccc1. The summed E-state index contributed by atoms with van der Waals surface area (Å²) >= 11 is 14.7. The van der Waals surface area contributed by atoms with Gasteiger partial charge >= 0.3 is 0 Å². The highest BCUT2D eigenvalue weighted by Crippen LogP contribution is 2.28.